The van der Waals surface area contributed by atoms with Crippen LogP contribution < -0.4 is 14.8 Å². The van der Waals surface area contributed by atoms with E-state index < -0.39 is 0 Å². The molecule has 0 fully saturated rings. The molecule has 1 N–H and O–H groups in total. The number of hydrogen-bond acceptors (Lipinski definition) is 3. The minimum absolute atomic E-state index is 0.202. The van der Waals surface area contributed by atoms with Gasteiger partial charge < -0.3 is 14.8 Å². The first-order valence-corrected chi connectivity index (χ1v) is 9.51. The molecule has 0 radical (unpaired) electrons. The molecule has 3 rings (SSSR count). The smallest absolute Gasteiger partial charge is 0.161 e. The Kier molecular flexibility index (Phi) is 6.89. The van der Waals surface area contributed by atoms with Crippen molar-refractivity contribution >= 4 is 40.5 Å². The molecule has 0 saturated heterocycles. The third kappa shape index (κ3) is 5.44. The number of benzene rings is 3. The maximum atomic E-state index is 13.1. The van der Waals surface area contributed by atoms with E-state index in [0.29, 0.717) is 38.7 Å². The molecule has 0 bridgehead atoms. The molecule has 0 unspecified atom stereocenters. The van der Waals surface area contributed by atoms with Crippen molar-refractivity contribution in [3.8, 4) is 11.5 Å². The molecule has 3 nitrogen and oxygen atoms in total. The Balaban J connectivity index is 1.67. The van der Waals surface area contributed by atoms with E-state index in [2.05, 4.69) is 5.32 Å². The van der Waals surface area contributed by atoms with Crippen LogP contribution in [0.1, 0.15) is 11.1 Å². The molecule has 3 aromatic carbocycles. The second-order valence-electron chi connectivity index (χ2n) is 6.02. The van der Waals surface area contributed by atoms with E-state index >= 15 is 0 Å². The van der Waals surface area contributed by atoms with Crippen molar-refractivity contribution in [3.63, 3.8) is 0 Å². The Bertz CT molecular complexity index is 962. The first-order valence-electron chi connectivity index (χ1n) is 8.38. The van der Waals surface area contributed by atoms with Crippen molar-refractivity contribution in [2.24, 2.45) is 0 Å². The molecule has 0 saturated carbocycles. The van der Waals surface area contributed by atoms with Crippen LogP contribution in [0.5, 0.6) is 11.5 Å². The second-order valence-corrected chi connectivity index (χ2v) is 7.30. The molecule has 146 valence electrons. The Morgan fingerprint density at radius 2 is 1.64 bits per heavy atom. The summed E-state index contributed by atoms with van der Waals surface area (Å²) in [4.78, 5) is 0. The Labute approximate surface area is 177 Å². The normalized spacial score (nSPS) is 10.6. The van der Waals surface area contributed by atoms with E-state index in [1.165, 1.54) is 12.1 Å². The fourth-order valence-corrected chi connectivity index (χ4v) is 3.34. The van der Waals surface area contributed by atoms with Crippen LogP contribution in [0.15, 0.2) is 54.6 Å². The zero-order chi connectivity index (χ0) is 20.1. The predicted molar refractivity (Wildman–Crippen MR) is 113 cm³/mol. The van der Waals surface area contributed by atoms with Crippen LogP contribution in [-0.2, 0) is 13.2 Å². The summed E-state index contributed by atoms with van der Waals surface area (Å²) in [6, 6.07) is 15.1. The first-order chi connectivity index (χ1) is 13.4. The van der Waals surface area contributed by atoms with Crippen LogP contribution in [0.25, 0.3) is 0 Å². The highest BCUT2D eigenvalue weighted by Gasteiger charge is 2.09. The van der Waals surface area contributed by atoms with Crippen LogP contribution in [0, 0.1) is 5.82 Å². The van der Waals surface area contributed by atoms with Gasteiger partial charge in [0, 0.05) is 27.8 Å². The van der Waals surface area contributed by atoms with E-state index in [-0.39, 0.29) is 12.4 Å². The Morgan fingerprint density at radius 1 is 0.893 bits per heavy atom. The van der Waals surface area contributed by atoms with Crippen molar-refractivity contribution in [1.29, 1.82) is 0 Å². The summed E-state index contributed by atoms with van der Waals surface area (Å²) in [7, 11) is 1.57. The maximum absolute atomic E-state index is 13.1. The highest BCUT2D eigenvalue weighted by atomic mass is 35.5. The average molecular weight is 441 g/mol. The van der Waals surface area contributed by atoms with Gasteiger partial charge in [0.2, 0.25) is 0 Å². The molecule has 0 aromatic heterocycles. The molecule has 0 spiro atoms. The number of rotatable bonds is 7. The van der Waals surface area contributed by atoms with Gasteiger partial charge in [-0.25, -0.2) is 4.39 Å². The monoisotopic (exact) mass is 439 g/mol. The van der Waals surface area contributed by atoms with Gasteiger partial charge in [-0.1, -0.05) is 46.9 Å². The van der Waals surface area contributed by atoms with Crippen molar-refractivity contribution in [2.75, 3.05) is 12.4 Å². The van der Waals surface area contributed by atoms with Crippen LogP contribution in [0.2, 0.25) is 15.1 Å². The number of hydrogen-bond donors (Lipinski definition) is 1. The number of nitrogens with one attached hydrogen (secondary N) is 1. The summed E-state index contributed by atoms with van der Waals surface area (Å²) >= 11 is 18.1. The molecule has 0 heterocycles. The molecule has 28 heavy (non-hydrogen) atoms. The number of anilines is 1. The molecule has 0 aliphatic rings. The Hall–Kier alpha value is -2.14. The highest BCUT2D eigenvalue weighted by Crippen LogP contribution is 2.30. The van der Waals surface area contributed by atoms with Gasteiger partial charge in [-0.05, 0) is 48.0 Å². The number of halogens is 4. The summed E-state index contributed by atoms with van der Waals surface area (Å²) < 4.78 is 24.4. The lowest BCUT2D eigenvalue weighted by Gasteiger charge is -2.14. The van der Waals surface area contributed by atoms with E-state index in [1.807, 2.05) is 18.2 Å². The molecule has 7 heteroatoms. The third-order valence-electron chi connectivity index (χ3n) is 3.99. The molecule has 0 atom stereocenters. The summed E-state index contributed by atoms with van der Waals surface area (Å²) in [6.07, 6.45) is 0. The third-order valence-corrected chi connectivity index (χ3v) is 4.77. The summed E-state index contributed by atoms with van der Waals surface area (Å²) in [5, 5.41) is 4.72. The van der Waals surface area contributed by atoms with Crippen molar-refractivity contribution in [3.05, 3.63) is 86.6 Å². The van der Waals surface area contributed by atoms with Crippen molar-refractivity contribution in [1.82, 2.24) is 0 Å². The molecular formula is C21H17Cl3FNO2. The van der Waals surface area contributed by atoms with Crippen LogP contribution in [0.3, 0.4) is 0 Å². The molecule has 0 aliphatic carbocycles. The second kappa shape index (κ2) is 9.37. The Morgan fingerprint density at radius 3 is 2.32 bits per heavy atom. The molecular weight excluding hydrogens is 424 g/mol. The van der Waals surface area contributed by atoms with Crippen molar-refractivity contribution in [2.45, 2.75) is 13.2 Å². The van der Waals surface area contributed by atoms with Crippen LogP contribution in [0.4, 0.5) is 10.1 Å². The minimum Gasteiger partial charge on any atom is -0.493 e. The van der Waals surface area contributed by atoms with Gasteiger partial charge in [-0.2, -0.15) is 0 Å². The number of ether oxygens (including phenoxy) is 2. The lowest BCUT2D eigenvalue weighted by atomic mass is 10.2. The number of methoxy groups -OCH3 is 1. The van der Waals surface area contributed by atoms with Gasteiger partial charge in [0.25, 0.3) is 0 Å². The summed E-state index contributed by atoms with van der Waals surface area (Å²) in [6.45, 7) is 0.755. The van der Waals surface area contributed by atoms with E-state index in [1.54, 1.807) is 31.4 Å². The fraction of sp³-hybridized carbons (Fsp3) is 0.143. The van der Waals surface area contributed by atoms with Gasteiger partial charge in [0.15, 0.2) is 11.5 Å². The first kappa shape index (κ1) is 20.6. The zero-order valence-electron chi connectivity index (χ0n) is 14.9. The van der Waals surface area contributed by atoms with Crippen molar-refractivity contribution < 1.29 is 13.9 Å². The van der Waals surface area contributed by atoms with Gasteiger partial charge in [0.1, 0.15) is 12.4 Å². The topological polar surface area (TPSA) is 30.5 Å². The molecule has 0 amide bonds. The SMILES string of the molecule is COc1cc(CNc2cc(Cl)cc(Cl)c2)ccc1OCc1ccc(F)cc1Cl. The van der Waals surface area contributed by atoms with Crippen LogP contribution >= 0.6 is 34.8 Å². The van der Waals surface area contributed by atoms with Gasteiger partial charge in [-0.3, -0.25) is 0 Å². The van der Waals surface area contributed by atoms with E-state index in [0.717, 1.165) is 11.3 Å². The molecule has 3 aromatic rings. The van der Waals surface area contributed by atoms with Gasteiger partial charge in [-0.15, -0.1) is 0 Å². The standard InChI is InChI=1S/C21H17Cl3FNO2/c1-27-21-6-13(11-26-18-8-15(22)7-16(23)9-18)2-5-20(21)28-12-14-3-4-17(25)10-19(14)24/h2-10,26H,11-12H2,1H3. The predicted octanol–water partition coefficient (Wildman–Crippen LogP) is 6.99. The van der Waals surface area contributed by atoms with E-state index in [4.69, 9.17) is 44.3 Å². The summed E-state index contributed by atoms with van der Waals surface area (Å²) in [5.41, 5.74) is 2.50. The largest absolute Gasteiger partial charge is 0.493 e. The quantitative estimate of drug-likeness (QED) is 0.429. The maximum Gasteiger partial charge on any atom is 0.161 e. The van der Waals surface area contributed by atoms with Gasteiger partial charge >= 0.3 is 0 Å². The summed E-state index contributed by atoms with van der Waals surface area (Å²) in [5.74, 6) is 0.767. The molecule has 0 aliphatic heterocycles. The zero-order valence-corrected chi connectivity index (χ0v) is 17.2. The fourth-order valence-electron chi connectivity index (χ4n) is 2.60. The van der Waals surface area contributed by atoms with Crippen LogP contribution in [-0.4, -0.2) is 7.11 Å². The van der Waals surface area contributed by atoms with Gasteiger partial charge in [0.05, 0.1) is 12.1 Å². The minimum atomic E-state index is -0.385. The average Bonchev–Trinajstić information content (AvgIpc) is 2.65. The lowest BCUT2D eigenvalue weighted by Crippen LogP contribution is -2.02. The lowest BCUT2D eigenvalue weighted by molar-refractivity contribution is 0.284. The van der Waals surface area contributed by atoms with E-state index in [9.17, 15) is 4.39 Å². The highest BCUT2D eigenvalue weighted by molar-refractivity contribution is 6.35.